The summed E-state index contributed by atoms with van der Waals surface area (Å²) < 4.78 is 0. The minimum absolute atomic E-state index is 0.0207. The Morgan fingerprint density at radius 2 is 1.81 bits per heavy atom. The van der Waals surface area contributed by atoms with Crippen molar-refractivity contribution >= 4 is 5.91 Å². The molecule has 1 fully saturated rings. The standard InChI is InChI=1S/C18H36N2O/c1-7-9-10-11-15(6)20-16(12-13(3)4)19-17(18(20)21)14(5)8-2/h13-17,19H,7-12H2,1-6H3. The number of hydrogen-bond acceptors (Lipinski definition) is 2. The van der Waals surface area contributed by atoms with Crippen LogP contribution in [0, 0.1) is 11.8 Å². The number of carbonyl (C=O) groups excluding carboxylic acids is 1. The zero-order valence-corrected chi connectivity index (χ0v) is 15.0. The van der Waals surface area contributed by atoms with Crippen LogP contribution in [-0.4, -0.2) is 29.1 Å². The van der Waals surface area contributed by atoms with E-state index >= 15 is 0 Å². The van der Waals surface area contributed by atoms with Crippen molar-refractivity contribution < 1.29 is 4.79 Å². The van der Waals surface area contributed by atoms with Gasteiger partial charge < -0.3 is 4.90 Å². The summed E-state index contributed by atoms with van der Waals surface area (Å²) in [5.74, 6) is 1.36. The van der Waals surface area contributed by atoms with E-state index in [0.717, 1.165) is 19.3 Å². The third-order valence-electron chi connectivity index (χ3n) is 4.84. The maximum absolute atomic E-state index is 12.8. The Bertz CT molecular complexity index is 316. The number of amides is 1. The van der Waals surface area contributed by atoms with Crippen molar-refractivity contribution in [2.75, 3.05) is 0 Å². The molecular weight excluding hydrogens is 260 g/mol. The van der Waals surface area contributed by atoms with Gasteiger partial charge in [-0.1, -0.05) is 60.3 Å². The molecule has 0 aromatic rings. The molecular formula is C18H36N2O. The highest BCUT2D eigenvalue weighted by Gasteiger charge is 2.42. The smallest absolute Gasteiger partial charge is 0.241 e. The molecule has 0 spiro atoms. The highest BCUT2D eigenvalue weighted by Crippen LogP contribution is 2.26. The maximum Gasteiger partial charge on any atom is 0.241 e. The fraction of sp³-hybridized carbons (Fsp3) is 0.944. The second kappa shape index (κ2) is 8.77. The van der Waals surface area contributed by atoms with E-state index in [0.29, 0.717) is 23.8 Å². The zero-order valence-electron chi connectivity index (χ0n) is 15.0. The van der Waals surface area contributed by atoms with Crippen molar-refractivity contribution in [1.29, 1.82) is 0 Å². The summed E-state index contributed by atoms with van der Waals surface area (Å²) in [6.07, 6.45) is 7.19. The zero-order chi connectivity index (χ0) is 16.0. The first-order valence-electron chi connectivity index (χ1n) is 9.00. The Labute approximate surface area is 131 Å². The topological polar surface area (TPSA) is 32.3 Å². The highest BCUT2D eigenvalue weighted by atomic mass is 16.2. The van der Waals surface area contributed by atoms with Gasteiger partial charge in [0.05, 0.1) is 12.2 Å². The van der Waals surface area contributed by atoms with Gasteiger partial charge in [-0.05, 0) is 31.6 Å². The predicted molar refractivity (Wildman–Crippen MR) is 90.1 cm³/mol. The SMILES string of the molecule is CCCCCC(C)N1C(=O)C(C(C)CC)NC1CC(C)C. The first-order valence-corrected chi connectivity index (χ1v) is 9.00. The lowest BCUT2D eigenvalue weighted by Crippen LogP contribution is -2.44. The van der Waals surface area contributed by atoms with E-state index in [1.165, 1.54) is 19.3 Å². The van der Waals surface area contributed by atoms with Crippen LogP contribution in [-0.2, 0) is 4.79 Å². The number of carbonyl (C=O) groups is 1. The highest BCUT2D eigenvalue weighted by molar-refractivity contribution is 5.85. The summed E-state index contributed by atoms with van der Waals surface area (Å²) in [4.78, 5) is 15.0. The van der Waals surface area contributed by atoms with Gasteiger partial charge in [0.15, 0.2) is 0 Å². The average molecular weight is 296 g/mol. The van der Waals surface area contributed by atoms with E-state index in [-0.39, 0.29) is 12.2 Å². The van der Waals surface area contributed by atoms with Crippen LogP contribution in [0.1, 0.15) is 80.1 Å². The molecule has 4 atom stereocenters. The number of hydrogen-bond donors (Lipinski definition) is 1. The molecule has 1 N–H and O–H groups in total. The van der Waals surface area contributed by atoms with E-state index in [1.54, 1.807) is 0 Å². The molecule has 3 nitrogen and oxygen atoms in total. The summed E-state index contributed by atoms with van der Waals surface area (Å²) in [7, 11) is 0. The summed E-state index contributed by atoms with van der Waals surface area (Å²) in [5.41, 5.74) is 0. The molecule has 4 unspecified atom stereocenters. The molecule has 21 heavy (non-hydrogen) atoms. The molecule has 0 saturated carbocycles. The van der Waals surface area contributed by atoms with Crippen molar-refractivity contribution in [3.63, 3.8) is 0 Å². The lowest BCUT2D eigenvalue weighted by molar-refractivity contribution is -0.133. The van der Waals surface area contributed by atoms with E-state index in [9.17, 15) is 4.79 Å². The van der Waals surface area contributed by atoms with Crippen molar-refractivity contribution in [3.8, 4) is 0 Å². The minimum Gasteiger partial charge on any atom is -0.323 e. The molecule has 0 aromatic carbocycles. The summed E-state index contributed by atoms with van der Waals surface area (Å²) >= 11 is 0. The van der Waals surface area contributed by atoms with Crippen LogP contribution in [0.15, 0.2) is 0 Å². The Kier molecular flexibility index (Phi) is 7.72. The van der Waals surface area contributed by atoms with Crippen LogP contribution < -0.4 is 5.32 Å². The predicted octanol–water partition coefficient (Wildman–Crippen LogP) is 4.17. The van der Waals surface area contributed by atoms with Crippen LogP contribution in [0.5, 0.6) is 0 Å². The Morgan fingerprint density at radius 1 is 1.14 bits per heavy atom. The average Bonchev–Trinajstić information content (AvgIpc) is 2.74. The van der Waals surface area contributed by atoms with Crippen molar-refractivity contribution in [2.24, 2.45) is 11.8 Å². The number of unbranched alkanes of at least 4 members (excludes halogenated alkanes) is 2. The van der Waals surface area contributed by atoms with Crippen molar-refractivity contribution in [3.05, 3.63) is 0 Å². The minimum atomic E-state index is 0.0207. The summed E-state index contributed by atoms with van der Waals surface area (Å²) in [6.45, 7) is 13.3. The molecule has 1 aliphatic heterocycles. The Morgan fingerprint density at radius 3 is 2.33 bits per heavy atom. The first-order chi connectivity index (χ1) is 9.92. The van der Waals surface area contributed by atoms with Crippen LogP contribution in [0.3, 0.4) is 0 Å². The fourth-order valence-corrected chi connectivity index (χ4v) is 3.30. The Balaban J connectivity index is 2.76. The molecule has 0 radical (unpaired) electrons. The second-order valence-corrected chi connectivity index (χ2v) is 7.27. The van der Waals surface area contributed by atoms with Gasteiger partial charge >= 0.3 is 0 Å². The Hall–Kier alpha value is -0.570. The molecule has 124 valence electrons. The molecule has 1 heterocycles. The number of nitrogens with one attached hydrogen (secondary N) is 1. The number of rotatable bonds is 9. The lowest BCUT2D eigenvalue weighted by atomic mass is 9.99. The van der Waals surface area contributed by atoms with Gasteiger partial charge in [-0.2, -0.15) is 0 Å². The van der Waals surface area contributed by atoms with E-state index in [4.69, 9.17) is 0 Å². The molecule has 1 rings (SSSR count). The fourth-order valence-electron chi connectivity index (χ4n) is 3.30. The van der Waals surface area contributed by atoms with Crippen LogP contribution in [0.25, 0.3) is 0 Å². The van der Waals surface area contributed by atoms with E-state index in [2.05, 4.69) is 51.8 Å². The molecule has 0 bridgehead atoms. The molecule has 1 aliphatic rings. The lowest BCUT2D eigenvalue weighted by Gasteiger charge is -2.31. The monoisotopic (exact) mass is 296 g/mol. The third kappa shape index (κ3) is 4.98. The van der Waals surface area contributed by atoms with Gasteiger partial charge in [0.2, 0.25) is 5.91 Å². The van der Waals surface area contributed by atoms with Gasteiger partial charge in [0, 0.05) is 6.04 Å². The van der Waals surface area contributed by atoms with Crippen LogP contribution in [0.4, 0.5) is 0 Å². The molecule has 3 heteroatoms. The summed E-state index contributed by atoms with van der Waals surface area (Å²) in [5, 5.41) is 3.62. The molecule has 0 aliphatic carbocycles. The third-order valence-corrected chi connectivity index (χ3v) is 4.84. The van der Waals surface area contributed by atoms with Gasteiger partial charge in [0.1, 0.15) is 0 Å². The van der Waals surface area contributed by atoms with Gasteiger partial charge in [-0.25, -0.2) is 0 Å². The van der Waals surface area contributed by atoms with E-state index in [1.807, 2.05) is 0 Å². The number of nitrogens with zero attached hydrogens (tertiary/aromatic N) is 1. The normalized spacial score (nSPS) is 25.7. The van der Waals surface area contributed by atoms with Crippen LogP contribution in [0.2, 0.25) is 0 Å². The molecule has 0 aromatic heterocycles. The second-order valence-electron chi connectivity index (χ2n) is 7.27. The van der Waals surface area contributed by atoms with Crippen molar-refractivity contribution in [2.45, 2.75) is 98.3 Å². The van der Waals surface area contributed by atoms with Gasteiger partial charge in [0.25, 0.3) is 0 Å². The van der Waals surface area contributed by atoms with Gasteiger partial charge in [-0.15, -0.1) is 0 Å². The largest absolute Gasteiger partial charge is 0.323 e. The summed E-state index contributed by atoms with van der Waals surface area (Å²) in [6, 6.07) is 0.377. The van der Waals surface area contributed by atoms with Crippen molar-refractivity contribution in [1.82, 2.24) is 10.2 Å². The van der Waals surface area contributed by atoms with Gasteiger partial charge in [-0.3, -0.25) is 10.1 Å². The quantitative estimate of drug-likeness (QED) is 0.648. The van der Waals surface area contributed by atoms with E-state index < -0.39 is 0 Å². The molecule has 1 saturated heterocycles. The maximum atomic E-state index is 12.8. The molecule has 1 amide bonds. The first kappa shape index (κ1) is 18.5. The van der Waals surface area contributed by atoms with Crippen LogP contribution >= 0.6 is 0 Å².